The van der Waals surface area contributed by atoms with Crippen LogP contribution in [0.25, 0.3) is 10.9 Å². The van der Waals surface area contributed by atoms with Gasteiger partial charge in [-0.05, 0) is 41.9 Å². The predicted molar refractivity (Wildman–Crippen MR) is 74.1 cm³/mol. The van der Waals surface area contributed by atoms with Crippen molar-refractivity contribution < 1.29 is 9.13 Å². The van der Waals surface area contributed by atoms with Crippen LogP contribution in [0.5, 0.6) is 0 Å². The van der Waals surface area contributed by atoms with Gasteiger partial charge in [0.05, 0.1) is 5.39 Å². The summed E-state index contributed by atoms with van der Waals surface area (Å²) in [5.74, 6) is -0.529. The van der Waals surface area contributed by atoms with E-state index < -0.39 is 5.82 Å². The Hall–Kier alpha value is -0.470. The lowest BCUT2D eigenvalue weighted by Gasteiger charge is -2.23. The molecule has 1 aliphatic heterocycles. The van der Waals surface area contributed by atoms with Crippen LogP contribution in [0.2, 0.25) is 5.15 Å². The molecule has 7 heteroatoms. The molecule has 2 aromatic rings. The van der Waals surface area contributed by atoms with Gasteiger partial charge in [0.25, 0.3) is 0 Å². The Morgan fingerprint density at radius 3 is 3.06 bits per heavy atom. The summed E-state index contributed by atoms with van der Waals surface area (Å²) in [6.07, 6.45) is 4.28. The number of aromatic nitrogens is 3. The molecule has 1 unspecified atom stereocenters. The summed E-state index contributed by atoms with van der Waals surface area (Å²) >= 11 is 7.80. The Kier molecular flexibility index (Phi) is 3.42. The first kappa shape index (κ1) is 12.6. The van der Waals surface area contributed by atoms with Gasteiger partial charge >= 0.3 is 0 Å². The second-order valence-electron chi connectivity index (χ2n) is 4.18. The summed E-state index contributed by atoms with van der Waals surface area (Å²) in [6, 6.07) is 0. The second kappa shape index (κ2) is 4.90. The molecule has 3 heterocycles. The fourth-order valence-electron chi connectivity index (χ4n) is 2.15. The predicted octanol–water partition coefficient (Wildman–Crippen LogP) is 3.53. The Morgan fingerprint density at radius 1 is 1.50 bits per heavy atom. The van der Waals surface area contributed by atoms with Crippen LogP contribution < -0.4 is 0 Å². The fraction of sp³-hybridized carbons (Fsp3) is 0.455. The molecular weight excluding hydrogens is 371 g/mol. The van der Waals surface area contributed by atoms with Gasteiger partial charge < -0.3 is 4.74 Å². The zero-order valence-electron chi connectivity index (χ0n) is 9.37. The molecule has 4 nitrogen and oxygen atoms in total. The Bertz CT molecular complexity index is 597. The molecule has 3 rings (SSSR count). The standard InChI is InChI=1S/C11H10ClFIN3O/c12-10-8(13)9-6(5-15-10)11(14)16-17(9)7-3-1-2-4-18-7/h5,7H,1-4H2. The number of ether oxygens (including phenoxy) is 1. The van der Waals surface area contributed by atoms with Crippen molar-refractivity contribution in [1.82, 2.24) is 14.8 Å². The van der Waals surface area contributed by atoms with E-state index in [1.165, 1.54) is 0 Å². The third kappa shape index (κ3) is 2.00. The van der Waals surface area contributed by atoms with Crippen molar-refractivity contribution in [1.29, 1.82) is 0 Å². The van der Waals surface area contributed by atoms with E-state index in [4.69, 9.17) is 16.3 Å². The first-order valence-electron chi connectivity index (χ1n) is 5.68. The largest absolute Gasteiger partial charge is 0.356 e. The highest BCUT2D eigenvalue weighted by Gasteiger charge is 2.23. The summed E-state index contributed by atoms with van der Waals surface area (Å²) in [5.41, 5.74) is 0.381. The van der Waals surface area contributed by atoms with E-state index in [-0.39, 0.29) is 11.4 Å². The second-order valence-corrected chi connectivity index (χ2v) is 5.56. The number of nitrogens with zero attached hydrogens (tertiary/aromatic N) is 3. The van der Waals surface area contributed by atoms with Crippen LogP contribution in [0, 0.1) is 9.52 Å². The van der Waals surface area contributed by atoms with Crippen LogP contribution in [0.1, 0.15) is 25.5 Å². The highest BCUT2D eigenvalue weighted by atomic mass is 127. The van der Waals surface area contributed by atoms with Crippen molar-refractivity contribution in [2.45, 2.75) is 25.5 Å². The third-order valence-corrected chi connectivity index (χ3v) is 4.09. The van der Waals surface area contributed by atoms with E-state index in [0.29, 0.717) is 21.2 Å². The molecule has 2 aromatic heterocycles. The Morgan fingerprint density at radius 2 is 2.33 bits per heavy atom. The van der Waals surface area contributed by atoms with E-state index in [9.17, 15) is 4.39 Å². The number of fused-ring (bicyclic) bond motifs is 1. The maximum absolute atomic E-state index is 14.1. The van der Waals surface area contributed by atoms with Crippen molar-refractivity contribution in [2.75, 3.05) is 6.61 Å². The summed E-state index contributed by atoms with van der Waals surface area (Å²) in [4.78, 5) is 3.82. The average molecular weight is 382 g/mol. The van der Waals surface area contributed by atoms with Gasteiger partial charge in [-0.2, -0.15) is 5.10 Å². The highest BCUT2D eigenvalue weighted by molar-refractivity contribution is 14.1. The first-order valence-corrected chi connectivity index (χ1v) is 7.13. The average Bonchev–Trinajstić information content (AvgIpc) is 2.73. The van der Waals surface area contributed by atoms with E-state index in [0.717, 1.165) is 19.3 Å². The monoisotopic (exact) mass is 381 g/mol. The molecule has 0 aliphatic carbocycles. The minimum atomic E-state index is -0.529. The normalized spacial score (nSPS) is 20.5. The highest BCUT2D eigenvalue weighted by Crippen LogP contribution is 2.31. The van der Waals surface area contributed by atoms with E-state index in [1.54, 1.807) is 10.9 Å². The SMILES string of the molecule is Fc1c(Cl)ncc2c(I)nn(C3CCCCO3)c12. The molecule has 0 amide bonds. The minimum Gasteiger partial charge on any atom is -0.356 e. The van der Waals surface area contributed by atoms with Crippen LogP contribution in [0.3, 0.4) is 0 Å². The quantitative estimate of drug-likeness (QED) is 0.560. The van der Waals surface area contributed by atoms with Gasteiger partial charge in [-0.1, -0.05) is 11.6 Å². The molecular formula is C11H10ClFIN3O. The molecule has 96 valence electrons. The zero-order valence-corrected chi connectivity index (χ0v) is 12.3. The van der Waals surface area contributed by atoms with Crippen LogP contribution >= 0.6 is 34.2 Å². The molecule has 0 N–H and O–H groups in total. The van der Waals surface area contributed by atoms with E-state index >= 15 is 0 Å². The number of halogens is 3. The lowest BCUT2D eigenvalue weighted by molar-refractivity contribution is -0.0371. The smallest absolute Gasteiger partial charge is 0.186 e. The number of hydrogen-bond acceptors (Lipinski definition) is 3. The molecule has 0 saturated carbocycles. The van der Waals surface area contributed by atoms with Gasteiger partial charge in [0.2, 0.25) is 0 Å². The lowest BCUT2D eigenvalue weighted by Crippen LogP contribution is -2.19. The van der Waals surface area contributed by atoms with Gasteiger partial charge in [-0.15, -0.1) is 0 Å². The van der Waals surface area contributed by atoms with Crippen molar-refractivity contribution in [3.8, 4) is 0 Å². The molecule has 1 fully saturated rings. The molecule has 0 aromatic carbocycles. The maximum atomic E-state index is 14.1. The Labute approximate surface area is 122 Å². The third-order valence-electron chi connectivity index (χ3n) is 3.03. The number of rotatable bonds is 1. The van der Waals surface area contributed by atoms with Crippen LogP contribution in [0.15, 0.2) is 6.20 Å². The number of pyridine rings is 1. The summed E-state index contributed by atoms with van der Waals surface area (Å²) < 4.78 is 22.1. The molecule has 0 radical (unpaired) electrons. The molecule has 1 atom stereocenters. The van der Waals surface area contributed by atoms with Crippen LogP contribution in [-0.4, -0.2) is 21.4 Å². The summed E-state index contributed by atoms with van der Waals surface area (Å²) in [6.45, 7) is 0.684. The minimum absolute atomic E-state index is 0.129. The Balaban J connectivity index is 2.19. The van der Waals surface area contributed by atoms with Crippen LogP contribution in [0.4, 0.5) is 4.39 Å². The zero-order chi connectivity index (χ0) is 12.7. The molecule has 0 spiro atoms. The molecule has 18 heavy (non-hydrogen) atoms. The lowest BCUT2D eigenvalue weighted by atomic mass is 10.2. The fourth-order valence-corrected chi connectivity index (χ4v) is 2.92. The van der Waals surface area contributed by atoms with Crippen molar-refractivity contribution >= 4 is 45.1 Å². The van der Waals surface area contributed by atoms with Crippen molar-refractivity contribution in [3.05, 3.63) is 20.9 Å². The van der Waals surface area contributed by atoms with Gasteiger partial charge in [0.15, 0.2) is 17.2 Å². The van der Waals surface area contributed by atoms with Crippen molar-refractivity contribution in [3.63, 3.8) is 0 Å². The van der Waals surface area contributed by atoms with Gasteiger partial charge in [-0.25, -0.2) is 14.1 Å². The summed E-state index contributed by atoms with van der Waals surface area (Å²) in [5, 5.41) is 4.90. The van der Waals surface area contributed by atoms with E-state index in [2.05, 4.69) is 32.7 Å². The topological polar surface area (TPSA) is 39.9 Å². The van der Waals surface area contributed by atoms with Gasteiger partial charge in [0.1, 0.15) is 9.22 Å². The van der Waals surface area contributed by atoms with Crippen molar-refractivity contribution in [2.24, 2.45) is 0 Å². The number of hydrogen-bond donors (Lipinski definition) is 0. The summed E-state index contributed by atoms with van der Waals surface area (Å²) in [7, 11) is 0. The van der Waals surface area contributed by atoms with Gasteiger partial charge in [0, 0.05) is 12.8 Å². The molecule has 1 saturated heterocycles. The maximum Gasteiger partial charge on any atom is 0.186 e. The molecule has 1 aliphatic rings. The van der Waals surface area contributed by atoms with Crippen LogP contribution in [-0.2, 0) is 4.74 Å². The first-order chi connectivity index (χ1) is 8.68. The van der Waals surface area contributed by atoms with Gasteiger partial charge in [-0.3, -0.25) is 0 Å². The molecule has 0 bridgehead atoms. The van der Waals surface area contributed by atoms with E-state index in [1.807, 2.05) is 0 Å².